The van der Waals surface area contributed by atoms with Gasteiger partial charge in [-0.25, -0.2) is 9.37 Å². The third-order valence-electron chi connectivity index (χ3n) is 2.12. The van der Waals surface area contributed by atoms with E-state index in [0.717, 1.165) is 0 Å². The monoisotopic (exact) mass is 238 g/mol. The summed E-state index contributed by atoms with van der Waals surface area (Å²) in [5, 5.41) is 10.2. The molecule has 0 radical (unpaired) electrons. The molecule has 0 bridgehead atoms. The van der Waals surface area contributed by atoms with E-state index in [1.165, 1.54) is 17.8 Å². The molecule has 0 saturated heterocycles. The molecule has 0 unspecified atom stereocenters. The molecule has 0 aliphatic carbocycles. The second kappa shape index (κ2) is 4.67. The van der Waals surface area contributed by atoms with Gasteiger partial charge < -0.3 is 10.1 Å². The number of imidazole rings is 1. The Morgan fingerprint density at radius 1 is 1.50 bits per heavy atom. The molecule has 16 heavy (non-hydrogen) atoms. The molecule has 0 amide bonds. The highest BCUT2D eigenvalue weighted by atomic mass is 32.2. The zero-order chi connectivity index (χ0) is 11.5. The first kappa shape index (κ1) is 11.2. The Hall–Kier alpha value is -1.33. The molecule has 1 heterocycles. The van der Waals surface area contributed by atoms with Crippen molar-refractivity contribution < 1.29 is 9.50 Å². The van der Waals surface area contributed by atoms with Crippen LogP contribution in [0.15, 0.2) is 40.6 Å². The number of nitrogens with zero attached hydrogens (tertiary/aromatic N) is 1. The first-order valence-electron chi connectivity index (χ1n) is 4.82. The summed E-state index contributed by atoms with van der Waals surface area (Å²) in [6.07, 6.45) is 2.57. The van der Waals surface area contributed by atoms with Gasteiger partial charge >= 0.3 is 0 Å². The third kappa shape index (κ3) is 2.25. The van der Waals surface area contributed by atoms with Crippen LogP contribution in [0.4, 0.5) is 4.39 Å². The lowest BCUT2D eigenvalue weighted by molar-refractivity contribution is 0.195. The summed E-state index contributed by atoms with van der Waals surface area (Å²) in [5.74, 6) is -0.347. The number of aromatic amines is 1. The van der Waals surface area contributed by atoms with Crippen molar-refractivity contribution in [2.75, 3.05) is 0 Å². The molecule has 2 aromatic rings. The number of hydrogen-bond donors (Lipinski definition) is 2. The maximum absolute atomic E-state index is 13.6. The average Bonchev–Trinajstić information content (AvgIpc) is 2.73. The van der Waals surface area contributed by atoms with Gasteiger partial charge in [-0.3, -0.25) is 0 Å². The number of aromatic nitrogens is 2. The smallest absolute Gasteiger partial charge is 0.170 e. The van der Waals surface area contributed by atoms with Gasteiger partial charge in [-0.1, -0.05) is 12.1 Å². The number of nitrogens with one attached hydrogen (secondary N) is 1. The first-order valence-corrected chi connectivity index (χ1v) is 5.64. The van der Waals surface area contributed by atoms with Gasteiger partial charge in [0.2, 0.25) is 0 Å². The number of aliphatic hydroxyl groups is 1. The van der Waals surface area contributed by atoms with Crippen molar-refractivity contribution in [3.63, 3.8) is 0 Å². The minimum absolute atomic E-state index is 0.347. The van der Waals surface area contributed by atoms with Crippen LogP contribution in [0.3, 0.4) is 0 Å². The van der Waals surface area contributed by atoms with Crippen molar-refractivity contribution >= 4 is 11.8 Å². The van der Waals surface area contributed by atoms with Gasteiger partial charge in [-0.05, 0) is 30.3 Å². The van der Waals surface area contributed by atoms with Crippen LogP contribution in [0, 0.1) is 5.82 Å². The zero-order valence-electron chi connectivity index (χ0n) is 8.64. The van der Waals surface area contributed by atoms with Gasteiger partial charge in [-0.2, -0.15) is 0 Å². The van der Waals surface area contributed by atoms with Crippen LogP contribution in [0.1, 0.15) is 18.6 Å². The number of rotatable bonds is 3. The van der Waals surface area contributed by atoms with Crippen LogP contribution in [0.25, 0.3) is 0 Å². The molecule has 3 nitrogen and oxygen atoms in total. The second-order valence-electron chi connectivity index (χ2n) is 3.33. The highest BCUT2D eigenvalue weighted by Gasteiger charge is 2.14. The van der Waals surface area contributed by atoms with Crippen molar-refractivity contribution in [2.24, 2.45) is 0 Å². The largest absolute Gasteiger partial charge is 0.389 e. The van der Waals surface area contributed by atoms with Crippen LogP contribution in [0.5, 0.6) is 0 Å². The Kier molecular flexibility index (Phi) is 3.26. The zero-order valence-corrected chi connectivity index (χ0v) is 9.46. The van der Waals surface area contributed by atoms with Crippen molar-refractivity contribution in [3.05, 3.63) is 42.0 Å². The van der Waals surface area contributed by atoms with Gasteiger partial charge in [0.15, 0.2) is 5.16 Å². The Morgan fingerprint density at radius 3 is 2.94 bits per heavy atom. The molecule has 0 saturated carbocycles. The molecule has 1 aromatic heterocycles. The van der Waals surface area contributed by atoms with E-state index in [2.05, 4.69) is 9.97 Å². The van der Waals surface area contributed by atoms with Gasteiger partial charge in [0.05, 0.1) is 11.0 Å². The van der Waals surface area contributed by atoms with Crippen molar-refractivity contribution in [1.82, 2.24) is 9.97 Å². The Morgan fingerprint density at radius 2 is 2.31 bits per heavy atom. The van der Waals surface area contributed by atoms with E-state index < -0.39 is 6.10 Å². The van der Waals surface area contributed by atoms with Gasteiger partial charge in [0.25, 0.3) is 0 Å². The number of hydrogen-bond acceptors (Lipinski definition) is 3. The number of H-pyrrole nitrogens is 1. The van der Waals surface area contributed by atoms with Crippen LogP contribution in [0.2, 0.25) is 0 Å². The quantitative estimate of drug-likeness (QED) is 0.864. The summed E-state index contributed by atoms with van der Waals surface area (Å²) in [6.45, 7) is 1.61. The lowest BCUT2D eigenvalue weighted by Gasteiger charge is -2.10. The van der Waals surface area contributed by atoms with Crippen molar-refractivity contribution in [3.8, 4) is 0 Å². The Labute approximate surface area is 96.7 Å². The molecule has 0 fully saturated rings. The van der Waals surface area contributed by atoms with Gasteiger partial charge in [-0.15, -0.1) is 0 Å². The van der Waals surface area contributed by atoms with Gasteiger partial charge in [0.1, 0.15) is 5.82 Å². The maximum atomic E-state index is 13.6. The Balaban J connectivity index is 2.38. The second-order valence-corrected chi connectivity index (χ2v) is 4.33. The minimum atomic E-state index is -0.701. The van der Waals surface area contributed by atoms with Crippen LogP contribution < -0.4 is 0 Å². The van der Waals surface area contributed by atoms with Crippen molar-refractivity contribution in [2.45, 2.75) is 23.1 Å². The maximum Gasteiger partial charge on any atom is 0.170 e. The predicted molar refractivity (Wildman–Crippen MR) is 59.7 cm³/mol. The van der Waals surface area contributed by atoms with Crippen LogP contribution in [-0.4, -0.2) is 15.1 Å². The summed E-state index contributed by atoms with van der Waals surface area (Å²) in [7, 11) is 0. The molecule has 1 atom stereocenters. The van der Waals surface area contributed by atoms with E-state index in [4.69, 9.17) is 0 Å². The molecule has 0 aliphatic rings. The van der Waals surface area contributed by atoms with E-state index in [0.29, 0.717) is 15.6 Å². The molecule has 0 spiro atoms. The van der Waals surface area contributed by atoms with E-state index in [-0.39, 0.29) is 5.82 Å². The van der Waals surface area contributed by atoms with E-state index in [9.17, 15) is 9.50 Å². The lowest BCUT2D eigenvalue weighted by Crippen LogP contribution is -1.96. The molecule has 84 valence electrons. The van der Waals surface area contributed by atoms with Crippen LogP contribution in [-0.2, 0) is 0 Å². The lowest BCUT2D eigenvalue weighted by atomic mass is 10.1. The molecule has 2 N–H and O–H groups in total. The van der Waals surface area contributed by atoms with E-state index in [1.54, 1.807) is 31.5 Å². The fraction of sp³-hybridized carbons (Fsp3) is 0.182. The van der Waals surface area contributed by atoms with Gasteiger partial charge in [0, 0.05) is 12.4 Å². The Bertz CT molecular complexity index is 471. The summed E-state index contributed by atoms with van der Waals surface area (Å²) in [5.41, 5.74) is 0.571. The SMILES string of the molecule is C[C@@H](O)c1cccc(F)c1Sc1ncc[nH]1. The highest BCUT2D eigenvalue weighted by molar-refractivity contribution is 7.99. The molecule has 2 rings (SSSR count). The highest BCUT2D eigenvalue weighted by Crippen LogP contribution is 2.33. The van der Waals surface area contributed by atoms with E-state index >= 15 is 0 Å². The standard InChI is InChI=1S/C11H11FN2OS/c1-7(15)8-3-2-4-9(12)10(8)16-11-13-5-6-14-11/h2-7,15H,1H3,(H,13,14)/t7-/m1/s1. The van der Waals surface area contributed by atoms with Crippen molar-refractivity contribution in [1.29, 1.82) is 0 Å². The molecular formula is C11H11FN2OS. The van der Waals surface area contributed by atoms with Crippen LogP contribution >= 0.6 is 11.8 Å². The summed E-state index contributed by atoms with van der Waals surface area (Å²) in [4.78, 5) is 7.30. The predicted octanol–water partition coefficient (Wildman–Crippen LogP) is 2.75. The number of benzene rings is 1. The number of halogens is 1. The molecular weight excluding hydrogens is 227 g/mol. The molecule has 0 aliphatic heterocycles. The summed E-state index contributed by atoms with van der Waals surface area (Å²) >= 11 is 1.17. The number of aliphatic hydroxyl groups excluding tert-OH is 1. The summed E-state index contributed by atoms with van der Waals surface area (Å²) in [6, 6.07) is 4.67. The topological polar surface area (TPSA) is 48.9 Å². The summed E-state index contributed by atoms with van der Waals surface area (Å²) < 4.78 is 13.6. The normalized spacial score (nSPS) is 12.7. The minimum Gasteiger partial charge on any atom is -0.389 e. The fourth-order valence-electron chi connectivity index (χ4n) is 1.37. The third-order valence-corrected chi connectivity index (χ3v) is 3.17. The first-order chi connectivity index (χ1) is 7.68. The van der Waals surface area contributed by atoms with E-state index in [1.807, 2.05) is 0 Å². The molecule has 1 aromatic carbocycles. The average molecular weight is 238 g/mol. The fourth-order valence-corrected chi connectivity index (χ4v) is 2.32. The molecule has 5 heteroatoms.